The Morgan fingerprint density at radius 3 is 3.57 bits per heavy atom. The van der Waals surface area contributed by atoms with Crippen molar-refractivity contribution in [2.45, 2.75) is 6.42 Å². The van der Waals surface area contributed by atoms with Gasteiger partial charge in [0.15, 0.2) is 0 Å². The fourth-order valence-electron chi connectivity index (χ4n) is 0.572. The summed E-state index contributed by atoms with van der Waals surface area (Å²) in [4.78, 5) is 0. The second-order valence-electron chi connectivity index (χ2n) is 1.57. The van der Waals surface area contributed by atoms with Gasteiger partial charge in [-0.3, -0.25) is 0 Å². The molecule has 1 nitrogen and oxygen atoms in total. The first-order valence-corrected chi connectivity index (χ1v) is 2.59. The Balaban J connectivity index is 2.20. The van der Waals surface area contributed by atoms with E-state index in [9.17, 15) is 0 Å². The summed E-state index contributed by atoms with van der Waals surface area (Å²) in [5.74, 6) is 0. The number of rotatable bonds is 0. The average Bonchev–Trinajstić information content (AvgIpc) is 1.90. The minimum absolute atomic E-state index is 0.913. The Kier molecular flexibility index (Phi) is 1.94. The maximum absolute atomic E-state index is 3.17. The van der Waals surface area contributed by atoms with Crippen LogP contribution in [-0.4, -0.2) is 13.1 Å². The Labute approximate surface area is 44.4 Å². The first kappa shape index (κ1) is 4.85. The molecule has 1 heterocycles. The van der Waals surface area contributed by atoms with Crippen LogP contribution in [0.25, 0.3) is 0 Å². The van der Waals surface area contributed by atoms with Crippen molar-refractivity contribution in [2.75, 3.05) is 13.1 Å². The van der Waals surface area contributed by atoms with Crippen molar-refractivity contribution in [3.05, 3.63) is 18.6 Å². The molecule has 0 unspecified atom stereocenters. The van der Waals surface area contributed by atoms with Gasteiger partial charge in [-0.05, 0) is 13.0 Å². The molecule has 1 rings (SSSR count). The number of hydrogen-bond donors (Lipinski definition) is 1. The molecule has 1 aliphatic heterocycles. The summed E-state index contributed by atoms with van der Waals surface area (Å²) in [6.45, 7) is 2.01. The van der Waals surface area contributed by atoms with Crippen LogP contribution in [0.15, 0.2) is 12.2 Å². The molecule has 1 heteroatoms. The highest BCUT2D eigenvalue weighted by Gasteiger charge is 1.87. The van der Waals surface area contributed by atoms with Gasteiger partial charge in [0.05, 0.1) is 0 Å². The maximum Gasteiger partial charge on any atom is 0.0231 e. The number of nitrogens with one attached hydrogen (secondary N) is 1. The molecule has 0 fully saturated rings. The van der Waals surface area contributed by atoms with Crippen molar-refractivity contribution >= 4 is 0 Å². The van der Waals surface area contributed by atoms with Crippen molar-refractivity contribution < 1.29 is 0 Å². The summed E-state index contributed by atoms with van der Waals surface area (Å²) in [5, 5.41) is 3.17. The molecule has 1 N–H and O–H groups in total. The predicted octanol–water partition coefficient (Wildman–Crippen LogP) is 0.617. The minimum atomic E-state index is 0.913. The van der Waals surface area contributed by atoms with E-state index in [4.69, 9.17) is 0 Å². The van der Waals surface area contributed by atoms with Crippen LogP contribution < -0.4 is 5.32 Å². The molecular formula is C6H9N. The molecule has 0 saturated carbocycles. The fraction of sp³-hybridized carbons (Fsp3) is 0.500. The molecule has 0 spiro atoms. The van der Waals surface area contributed by atoms with Gasteiger partial charge in [0.25, 0.3) is 0 Å². The third-order valence-corrected chi connectivity index (χ3v) is 0.951. The van der Waals surface area contributed by atoms with Crippen LogP contribution in [0.5, 0.6) is 0 Å². The summed E-state index contributed by atoms with van der Waals surface area (Å²) in [7, 11) is 0. The van der Waals surface area contributed by atoms with E-state index >= 15 is 0 Å². The van der Waals surface area contributed by atoms with Crippen LogP contribution in [0, 0.1) is 6.42 Å². The number of hydrogen-bond acceptors (Lipinski definition) is 1. The van der Waals surface area contributed by atoms with Gasteiger partial charge in [0, 0.05) is 13.0 Å². The first-order valence-electron chi connectivity index (χ1n) is 2.59. The Morgan fingerprint density at radius 1 is 1.57 bits per heavy atom. The normalized spacial score (nSPS) is 21.7. The Hall–Kier alpha value is -0.300. The Bertz CT molecular complexity index is 58.6. The lowest BCUT2D eigenvalue weighted by Crippen LogP contribution is -2.13. The summed E-state index contributed by atoms with van der Waals surface area (Å²) < 4.78 is 0. The molecule has 38 valence electrons. The van der Waals surface area contributed by atoms with Gasteiger partial charge in [0.1, 0.15) is 0 Å². The van der Waals surface area contributed by atoms with Crippen molar-refractivity contribution in [1.29, 1.82) is 0 Å². The molecule has 0 aromatic carbocycles. The molecule has 7 heavy (non-hydrogen) atoms. The quantitative estimate of drug-likeness (QED) is 0.465. The van der Waals surface area contributed by atoms with E-state index in [1.54, 1.807) is 0 Å². The van der Waals surface area contributed by atoms with Crippen LogP contribution in [0.2, 0.25) is 0 Å². The highest BCUT2D eigenvalue weighted by Crippen LogP contribution is 1.88. The van der Waals surface area contributed by atoms with Gasteiger partial charge < -0.3 is 5.32 Å². The standard InChI is InChI=1S/C6H9N/c1-2-4-6-7-5-3-1/h1-2,7H,3,5-6H2. The molecular weight excluding hydrogens is 86.1 g/mol. The zero-order chi connectivity index (χ0) is 4.95. The van der Waals surface area contributed by atoms with Crippen molar-refractivity contribution in [2.24, 2.45) is 0 Å². The minimum Gasteiger partial charge on any atom is -0.315 e. The zero-order valence-electron chi connectivity index (χ0n) is 4.28. The van der Waals surface area contributed by atoms with Crippen LogP contribution in [-0.2, 0) is 0 Å². The van der Waals surface area contributed by atoms with Crippen molar-refractivity contribution in [3.8, 4) is 0 Å². The lowest BCUT2D eigenvalue weighted by molar-refractivity contribution is 0.757. The van der Waals surface area contributed by atoms with E-state index in [2.05, 4.69) is 17.8 Å². The maximum atomic E-state index is 3.17. The predicted molar refractivity (Wildman–Crippen MR) is 29.9 cm³/mol. The van der Waals surface area contributed by atoms with Crippen LogP contribution in [0.3, 0.4) is 0 Å². The van der Waals surface area contributed by atoms with Crippen molar-refractivity contribution in [3.63, 3.8) is 0 Å². The monoisotopic (exact) mass is 95.1 g/mol. The molecule has 0 aromatic heterocycles. The third-order valence-electron chi connectivity index (χ3n) is 0.951. The van der Waals surface area contributed by atoms with Gasteiger partial charge in [-0.25, -0.2) is 0 Å². The molecule has 1 aliphatic rings. The molecule has 0 aromatic rings. The van der Waals surface area contributed by atoms with Gasteiger partial charge in [-0.2, -0.15) is 0 Å². The molecule has 0 amide bonds. The largest absolute Gasteiger partial charge is 0.315 e. The van der Waals surface area contributed by atoms with Crippen molar-refractivity contribution in [1.82, 2.24) is 5.32 Å². The Morgan fingerprint density at radius 2 is 2.57 bits per heavy atom. The fourth-order valence-corrected chi connectivity index (χ4v) is 0.572. The lowest BCUT2D eigenvalue weighted by atomic mass is 10.4. The highest BCUT2D eigenvalue weighted by atomic mass is 14.8. The second kappa shape index (κ2) is 2.80. The average molecular weight is 95.1 g/mol. The van der Waals surface area contributed by atoms with Gasteiger partial charge in [-0.15, -0.1) is 0 Å². The van der Waals surface area contributed by atoms with E-state index in [1.165, 1.54) is 0 Å². The molecule has 0 bridgehead atoms. The van der Waals surface area contributed by atoms with E-state index < -0.39 is 0 Å². The summed E-state index contributed by atoms with van der Waals surface area (Å²) in [5.41, 5.74) is 0. The summed E-state index contributed by atoms with van der Waals surface area (Å²) >= 11 is 0. The van der Waals surface area contributed by atoms with E-state index in [1.807, 2.05) is 6.08 Å². The third kappa shape index (κ3) is 1.74. The van der Waals surface area contributed by atoms with Crippen LogP contribution in [0.4, 0.5) is 0 Å². The SMILES string of the molecule is [C]1C=CCCNC1. The van der Waals surface area contributed by atoms with E-state index in [0.717, 1.165) is 19.5 Å². The van der Waals surface area contributed by atoms with Gasteiger partial charge in [0.2, 0.25) is 0 Å². The van der Waals surface area contributed by atoms with E-state index in [-0.39, 0.29) is 0 Å². The lowest BCUT2D eigenvalue weighted by Gasteiger charge is -1.91. The van der Waals surface area contributed by atoms with Crippen LogP contribution in [0.1, 0.15) is 6.42 Å². The molecule has 2 radical (unpaired) electrons. The zero-order valence-corrected chi connectivity index (χ0v) is 4.28. The van der Waals surface area contributed by atoms with E-state index in [0.29, 0.717) is 0 Å². The second-order valence-corrected chi connectivity index (χ2v) is 1.57. The van der Waals surface area contributed by atoms with Gasteiger partial charge >= 0.3 is 0 Å². The highest BCUT2D eigenvalue weighted by molar-refractivity contribution is 4.98. The summed E-state index contributed by atoms with van der Waals surface area (Å²) in [6.07, 6.45) is 8.31. The topological polar surface area (TPSA) is 12.0 Å². The molecule has 0 saturated heterocycles. The van der Waals surface area contributed by atoms with Gasteiger partial charge in [-0.1, -0.05) is 12.2 Å². The molecule has 0 aliphatic carbocycles. The summed E-state index contributed by atoms with van der Waals surface area (Å²) in [6, 6.07) is 0. The smallest absolute Gasteiger partial charge is 0.0231 e. The first-order chi connectivity index (χ1) is 3.50. The van der Waals surface area contributed by atoms with Crippen LogP contribution >= 0.6 is 0 Å². The molecule has 0 atom stereocenters.